The fourth-order valence-corrected chi connectivity index (χ4v) is 5.46. The molecule has 2 rings (SSSR count). The molecule has 1 aliphatic rings. The van der Waals surface area contributed by atoms with Crippen molar-refractivity contribution in [3.63, 3.8) is 0 Å². The molecule has 0 spiro atoms. The van der Waals surface area contributed by atoms with Crippen LogP contribution in [-0.2, 0) is 19.9 Å². The third-order valence-electron chi connectivity index (χ3n) is 3.25. The second-order valence-corrected chi connectivity index (χ2v) is 9.07. The minimum absolute atomic E-state index is 0.0241. The number of sulfone groups is 1. The third-order valence-corrected chi connectivity index (χ3v) is 7.37. The van der Waals surface area contributed by atoms with E-state index >= 15 is 0 Å². The van der Waals surface area contributed by atoms with E-state index in [1.165, 1.54) is 16.4 Å². The van der Waals surface area contributed by atoms with E-state index < -0.39 is 30.9 Å². The zero-order valence-corrected chi connectivity index (χ0v) is 12.6. The monoisotopic (exact) mass is 321 g/mol. The zero-order valence-electron chi connectivity index (χ0n) is 11.0. The second-order valence-electron chi connectivity index (χ2n) is 4.75. The summed E-state index contributed by atoms with van der Waals surface area (Å²) in [6.45, 7) is 1.70. The summed E-state index contributed by atoms with van der Waals surface area (Å²) in [7, 11) is -6.95. The van der Waals surface area contributed by atoms with Crippen LogP contribution in [0.4, 0.5) is 4.39 Å². The van der Waals surface area contributed by atoms with Crippen molar-refractivity contribution in [3.05, 3.63) is 30.1 Å². The van der Waals surface area contributed by atoms with E-state index in [2.05, 4.69) is 0 Å². The summed E-state index contributed by atoms with van der Waals surface area (Å²) in [6, 6.07) is 4.57. The molecule has 1 aromatic rings. The molecule has 1 fully saturated rings. The first kappa shape index (κ1) is 15.4. The predicted molar refractivity (Wildman–Crippen MR) is 73.0 cm³/mol. The van der Waals surface area contributed by atoms with Gasteiger partial charge >= 0.3 is 0 Å². The first-order valence-electron chi connectivity index (χ1n) is 6.24. The van der Waals surface area contributed by atoms with Crippen molar-refractivity contribution in [2.45, 2.75) is 23.5 Å². The van der Waals surface area contributed by atoms with Gasteiger partial charge in [0.2, 0.25) is 10.0 Å². The molecule has 1 heterocycles. The summed E-state index contributed by atoms with van der Waals surface area (Å²) in [4.78, 5) is 0.0245. The highest BCUT2D eigenvalue weighted by Crippen LogP contribution is 2.26. The van der Waals surface area contributed by atoms with Crippen molar-refractivity contribution >= 4 is 19.9 Å². The molecule has 1 aromatic carbocycles. The Morgan fingerprint density at radius 2 is 1.70 bits per heavy atom. The summed E-state index contributed by atoms with van der Waals surface area (Å²) in [6.07, 6.45) is 0.494. The Bertz CT molecular complexity index is 677. The van der Waals surface area contributed by atoms with Gasteiger partial charge < -0.3 is 0 Å². The summed E-state index contributed by atoms with van der Waals surface area (Å²) in [5, 5.41) is -0.750. The van der Waals surface area contributed by atoms with Crippen LogP contribution >= 0.6 is 0 Å². The van der Waals surface area contributed by atoms with Gasteiger partial charge in [-0.1, -0.05) is 6.92 Å². The highest BCUT2D eigenvalue weighted by molar-refractivity contribution is 7.92. The molecule has 1 saturated heterocycles. The molecule has 20 heavy (non-hydrogen) atoms. The first-order valence-corrected chi connectivity index (χ1v) is 9.40. The number of hydrogen-bond acceptors (Lipinski definition) is 4. The average Bonchev–Trinajstić information content (AvgIpc) is 2.26. The highest BCUT2D eigenvalue weighted by atomic mass is 32.2. The van der Waals surface area contributed by atoms with Gasteiger partial charge in [0.15, 0.2) is 9.84 Å². The molecule has 0 atom stereocenters. The summed E-state index contributed by atoms with van der Waals surface area (Å²) >= 11 is 0. The van der Waals surface area contributed by atoms with E-state index in [-0.39, 0.29) is 23.7 Å². The van der Waals surface area contributed by atoms with Crippen molar-refractivity contribution in [1.29, 1.82) is 0 Å². The topological polar surface area (TPSA) is 71.5 Å². The molecule has 0 amide bonds. The lowest BCUT2D eigenvalue weighted by Crippen LogP contribution is -2.57. The lowest BCUT2D eigenvalue weighted by atomic mass is 10.3. The van der Waals surface area contributed by atoms with Crippen LogP contribution in [0, 0.1) is 5.82 Å². The number of sulfonamides is 1. The standard InChI is InChI=1S/C12H16FNO4S2/c1-2-7-19(15,16)14-8-12(9-14)20(17,18)11-5-3-10(13)4-6-11/h3-6,12H,2,7-9H2,1H3. The smallest absolute Gasteiger partial charge is 0.214 e. The van der Waals surface area contributed by atoms with E-state index in [4.69, 9.17) is 0 Å². The minimum atomic E-state index is -3.60. The van der Waals surface area contributed by atoms with Crippen LogP contribution < -0.4 is 0 Å². The molecule has 1 aliphatic heterocycles. The Hall–Kier alpha value is -0.990. The van der Waals surface area contributed by atoms with Gasteiger partial charge in [-0.3, -0.25) is 0 Å². The number of nitrogens with zero attached hydrogens (tertiary/aromatic N) is 1. The molecule has 5 nitrogen and oxygen atoms in total. The van der Waals surface area contributed by atoms with Crippen LogP contribution in [0.1, 0.15) is 13.3 Å². The van der Waals surface area contributed by atoms with Crippen LogP contribution in [0.3, 0.4) is 0 Å². The Balaban J connectivity index is 2.10. The Kier molecular flexibility index (Phi) is 4.17. The SMILES string of the molecule is CCCS(=O)(=O)N1CC(S(=O)(=O)c2ccc(F)cc2)C1. The highest BCUT2D eigenvalue weighted by Gasteiger charge is 2.43. The van der Waals surface area contributed by atoms with E-state index in [0.717, 1.165) is 12.1 Å². The van der Waals surface area contributed by atoms with Crippen molar-refractivity contribution in [2.75, 3.05) is 18.8 Å². The van der Waals surface area contributed by atoms with Crippen molar-refractivity contribution in [2.24, 2.45) is 0 Å². The normalized spacial score (nSPS) is 17.9. The third kappa shape index (κ3) is 2.87. The molecule has 0 saturated carbocycles. The Morgan fingerprint density at radius 3 is 2.20 bits per heavy atom. The molecule has 8 heteroatoms. The second kappa shape index (κ2) is 5.42. The van der Waals surface area contributed by atoms with Gasteiger partial charge in [0, 0.05) is 13.1 Å². The van der Waals surface area contributed by atoms with Gasteiger partial charge in [-0.05, 0) is 30.7 Å². The van der Waals surface area contributed by atoms with Gasteiger partial charge in [0.05, 0.1) is 15.9 Å². The number of halogens is 1. The van der Waals surface area contributed by atoms with Gasteiger partial charge in [-0.2, -0.15) is 4.31 Å². The molecular formula is C12H16FNO4S2. The van der Waals surface area contributed by atoms with E-state index in [1.54, 1.807) is 6.92 Å². The molecule has 0 unspecified atom stereocenters. The maximum Gasteiger partial charge on any atom is 0.214 e. The fourth-order valence-electron chi connectivity index (χ4n) is 2.03. The van der Waals surface area contributed by atoms with Crippen molar-refractivity contribution in [3.8, 4) is 0 Å². The quantitative estimate of drug-likeness (QED) is 0.759. The molecule has 0 bridgehead atoms. The lowest BCUT2D eigenvalue weighted by Gasteiger charge is -2.37. The van der Waals surface area contributed by atoms with Crippen LogP contribution in [0.5, 0.6) is 0 Å². The van der Waals surface area contributed by atoms with Crippen LogP contribution in [0.25, 0.3) is 0 Å². The fraction of sp³-hybridized carbons (Fsp3) is 0.500. The summed E-state index contributed by atoms with van der Waals surface area (Å²) in [5.41, 5.74) is 0. The minimum Gasteiger partial charge on any atom is -0.223 e. The van der Waals surface area contributed by atoms with Crippen molar-refractivity contribution < 1.29 is 21.2 Å². The molecular weight excluding hydrogens is 305 g/mol. The molecule has 0 N–H and O–H groups in total. The van der Waals surface area contributed by atoms with E-state index in [1.807, 2.05) is 0 Å². The van der Waals surface area contributed by atoms with Crippen LogP contribution in [0.15, 0.2) is 29.2 Å². The van der Waals surface area contributed by atoms with E-state index in [9.17, 15) is 21.2 Å². The first-order chi connectivity index (χ1) is 9.27. The molecule has 0 radical (unpaired) electrons. The van der Waals surface area contributed by atoms with Gasteiger partial charge in [-0.15, -0.1) is 0 Å². The number of rotatable bonds is 5. The Labute approximate surface area is 118 Å². The largest absolute Gasteiger partial charge is 0.223 e. The van der Waals surface area contributed by atoms with Crippen LogP contribution in [0.2, 0.25) is 0 Å². The maximum atomic E-state index is 12.8. The number of hydrogen-bond donors (Lipinski definition) is 0. The molecule has 0 aromatic heterocycles. The summed E-state index contributed by atoms with van der Waals surface area (Å²) < 4.78 is 61.9. The molecule has 0 aliphatic carbocycles. The van der Waals surface area contributed by atoms with Gasteiger partial charge in [-0.25, -0.2) is 21.2 Å². The maximum absolute atomic E-state index is 12.8. The zero-order chi connectivity index (χ0) is 15.0. The Morgan fingerprint density at radius 1 is 1.15 bits per heavy atom. The van der Waals surface area contributed by atoms with Gasteiger partial charge in [0.25, 0.3) is 0 Å². The predicted octanol–water partition coefficient (Wildman–Crippen LogP) is 1.02. The molecule has 112 valence electrons. The average molecular weight is 321 g/mol. The number of benzene rings is 1. The van der Waals surface area contributed by atoms with E-state index in [0.29, 0.717) is 6.42 Å². The lowest BCUT2D eigenvalue weighted by molar-refractivity contribution is 0.309. The van der Waals surface area contributed by atoms with Crippen LogP contribution in [-0.4, -0.2) is 45.2 Å². The van der Waals surface area contributed by atoms with Gasteiger partial charge in [0.1, 0.15) is 5.82 Å². The summed E-state index contributed by atoms with van der Waals surface area (Å²) in [5.74, 6) is -0.485. The van der Waals surface area contributed by atoms with Crippen molar-refractivity contribution in [1.82, 2.24) is 4.31 Å².